The minimum absolute atomic E-state index is 0.0124. The Balaban J connectivity index is 2.01. The average Bonchev–Trinajstić information content (AvgIpc) is 2.49. The lowest BCUT2D eigenvalue weighted by atomic mass is 10.2. The van der Waals surface area contributed by atoms with E-state index in [4.69, 9.17) is 16.3 Å². The highest BCUT2D eigenvalue weighted by Crippen LogP contribution is 2.19. The molecule has 1 heterocycles. The molecule has 6 nitrogen and oxygen atoms in total. The lowest BCUT2D eigenvalue weighted by molar-refractivity contribution is -0.123. The molecule has 1 unspecified atom stereocenters. The number of aromatic nitrogens is 1. The van der Waals surface area contributed by atoms with Gasteiger partial charge in [-0.25, -0.2) is 9.78 Å². The van der Waals surface area contributed by atoms with E-state index in [-0.39, 0.29) is 16.5 Å². The number of hydrogen-bond acceptors (Lipinski definition) is 5. The number of nitrogens with zero attached hydrogens (tertiary/aromatic N) is 1. The Labute approximate surface area is 131 Å². The van der Waals surface area contributed by atoms with Crippen LogP contribution in [0.25, 0.3) is 0 Å². The number of halogens is 1. The van der Waals surface area contributed by atoms with Gasteiger partial charge in [-0.2, -0.15) is 0 Å². The van der Waals surface area contributed by atoms with Crippen LogP contribution in [0.5, 0.6) is 5.75 Å². The summed E-state index contributed by atoms with van der Waals surface area (Å²) in [5, 5.41) is 12.2. The quantitative estimate of drug-likeness (QED) is 0.668. The fourth-order valence-corrected chi connectivity index (χ4v) is 1.80. The Morgan fingerprint density at radius 1 is 1.27 bits per heavy atom. The molecule has 0 aliphatic rings. The summed E-state index contributed by atoms with van der Waals surface area (Å²) < 4.78 is 5.02. The Morgan fingerprint density at radius 2 is 2.00 bits per heavy atom. The molecular formula is C15H13ClN2O4. The highest BCUT2D eigenvalue weighted by molar-refractivity contribution is 6.32. The second-order valence-corrected chi connectivity index (χ2v) is 4.75. The van der Waals surface area contributed by atoms with Crippen LogP contribution < -0.4 is 5.32 Å². The second kappa shape index (κ2) is 6.91. The smallest absolute Gasteiger partial charge is 0.342 e. The van der Waals surface area contributed by atoms with E-state index >= 15 is 0 Å². The topological polar surface area (TPSA) is 88.5 Å². The number of carbonyl (C=O) groups is 2. The van der Waals surface area contributed by atoms with E-state index in [0.717, 1.165) is 0 Å². The van der Waals surface area contributed by atoms with Gasteiger partial charge in [0.15, 0.2) is 11.3 Å². The maximum atomic E-state index is 12.0. The van der Waals surface area contributed by atoms with Gasteiger partial charge in [-0.3, -0.25) is 4.79 Å². The van der Waals surface area contributed by atoms with Gasteiger partial charge in [0.1, 0.15) is 11.3 Å². The lowest BCUT2D eigenvalue weighted by Crippen LogP contribution is -2.30. The van der Waals surface area contributed by atoms with E-state index in [0.29, 0.717) is 5.69 Å². The number of aromatic hydroxyl groups is 1. The summed E-state index contributed by atoms with van der Waals surface area (Å²) in [5.74, 6) is -1.56. The number of phenolic OH excluding ortho intramolecular Hbond substituents is 1. The van der Waals surface area contributed by atoms with Crippen LogP contribution in [0, 0.1) is 0 Å². The summed E-state index contributed by atoms with van der Waals surface area (Å²) in [6.45, 7) is 1.41. The van der Waals surface area contributed by atoms with Gasteiger partial charge in [0.2, 0.25) is 0 Å². The molecular weight excluding hydrogens is 308 g/mol. The van der Waals surface area contributed by atoms with E-state index < -0.39 is 18.0 Å². The largest absolute Gasteiger partial charge is 0.507 e. The minimum Gasteiger partial charge on any atom is -0.507 e. The second-order valence-electron chi connectivity index (χ2n) is 4.40. The lowest BCUT2D eigenvalue weighted by Gasteiger charge is -2.14. The van der Waals surface area contributed by atoms with E-state index in [9.17, 15) is 14.7 Å². The van der Waals surface area contributed by atoms with Gasteiger partial charge in [-0.15, -0.1) is 0 Å². The van der Waals surface area contributed by atoms with Crippen molar-refractivity contribution in [2.24, 2.45) is 0 Å². The third-order valence-electron chi connectivity index (χ3n) is 2.79. The van der Waals surface area contributed by atoms with Crippen LogP contribution in [0.2, 0.25) is 5.15 Å². The first-order chi connectivity index (χ1) is 10.5. The van der Waals surface area contributed by atoms with Crippen molar-refractivity contribution < 1.29 is 19.4 Å². The van der Waals surface area contributed by atoms with Crippen molar-refractivity contribution in [2.75, 3.05) is 5.32 Å². The van der Waals surface area contributed by atoms with Crippen LogP contribution >= 0.6 is 11.6 Å². The number of esters is 1. The molecule has 0 fully saturated rings. The number of ether oxygens (including phenoxy) is 1. The first kappa shape index (κ1) is 15.8. The molecule has 114 valence electrons. The van der Waals surface area contributed by atoms with Gasteiger partial charge in [0, 0.05) is 6.20 Å². The molecule has 0 aliphatic heterocycles. The molecule has 1 atom stereocenters. The first-order valence-corrected chi connectivity index (χ1v) is 6.77. The number of amides is 1. The van der Waals surface area contributed by atoms with Crippen LogP contribution in [0.4, 0.5) is 5.69 Å². The molecule has 0 aliphatic carbocycles. The van der Waals surface area contributed by atoms with Crippen molar-refractivity contribution in [3.05, 3.63) is 53.3 Å². The number of phenols is 1. The molecule has 2 aromatic rings. The monoisotopic (exact) mass is 320 g/mol. The van der Waals surface area contributed by atoms with Crippen molar-refractivity contribution in [3.63, 3.8) is 0 Å². The number of carbonyl (C=O) groups excluding carboxylic acids is 2. The third-order valence-corrected chi connectivity index (χ3v) is 3.10. The number of nitrogens with one attached hydrogen (secondary N) is 1. The molecule has 0 radical (unpaired) electrons. The molecule has 22 heavy (non-hydrogen) atoms. The normalized spacial score (nSPS) is 11.5. The van der Waals surface area contributed by atoms with E-state index in [1.165, 1.54) is 25.3 Å². The van der Waals surface area contributed by atoms with Crippen LogP contribution in [-0.4, -0.2) is 28.1 Å². The number of pyridine rings is 1. The molecule has 0 saturated heterocycles. The standard InChI is InChI=1S/C15H13ClN2O4/c1-9(14(20)18-11-6-4-8-17-13(11)16)22-15(21)10-5-2-3-7-12(10)19/h2-9,19H,1H3,(H,18,20). The summed E-state index contributed by atoms with van der Waals surface area (Å²) in [5.41, 5.74) is 0.307. The van der Waals surface area contributed by atoms with Gasteiger partial charge in [-0.1, -0.05) is 23.7 Å². The summed E-state index contributed by atoms with van der Waals surface area (Å²) in [6.07, 6.45) is 0.419. The number of hydrogen-bond donors (Lipinski definition) is 2. The molecule has 1 aromatic heterocycles. The maximum Gasteiger partial charge on any atom is 0.342 e. The van der Waals surface area contributed by atoms with Crippen molar-refractivity contribution in [3.8, 4) is 5.75 Å². The molecule has 1 aromatic carbocycles. The molecule has 1 amide bonds. The summed E-state index contributed by atoms with van der Waals surface area (Å²) >= 11 is 5.83. The molecule has 0 saturated carbocycles. The number of anilines is 1. The zero-order valence-electron chi connectivity index (χ0n) is 11.6. The highest BCUT2D eigenvalue weighted by Gasteiger charge is 2.21. The minimum atomic E-state index is -1.07. The summed E-state index contributed by atoms with van der Waals surface area (Å²) in [4.78, 5) is 27.7. The van der Waals surface area contributed by atoms with Crippen molar-refractivity contribution in [2.45, 2.75) is 13.0 Å². The first-order valence-electron chi connectivity index (χ1n) is 6.39. The van der Waals surface area contributed by atoms with Crippen LogP contribution in [-0.2, 0) is 9.53 Å². The average molecular weight is 321 g/mol. The van der Waals surface area contributed by atoms with Crippen LogP contribution in [0.15, 0.2) is 42.6 Å². The predicted octanol–water partition coefficient (Wildman–Crippen LogP) is 2.62. The Kier molecular flexibility index (Phi) is 4.95. The Hall–Kier alpha value is -2.60. The van der Waals surface area contributed by atoms with Gasteiger partial charge in [0.25, 0.3) is 5.91 Å². The Bertz CT molecular complexity index is 705. The van der Waals surface area contributed by atoms with Gasteiger partial charge in [-0.05, 0) is 31.2 Å². The fraction of sp³-hybridized carbons (Fsp3) is 0.133. The van der Waals surface area contributed by atoms with E-state index in [2.05, 4.69) is 10.3 Å². The van der Waals surface area contributed by atoms with Gasteiger partial charge >= 0.3 is 5.97 Å². The molecule has 0 bridgehead atoms. The summed E-state index contributed by atoms with van der Waals surface area (Å²) in [6, 6.07) is 9.10. The van der Waals surface area contributed by atoms with Crippen LogP contribution in [0.1, 0.15) is 17.3 Å². The zero-order valence-corrected chi connectivity index (χ0v) is 12.4. The third kappa shape index (κ3) is 3.73. The van der Waals surface area contributed by atoms with Crippen molar-refractivity contribution in [1.82, 2.24) is 4.98 Å². The SMILES string of the molecule is CC(OC(=O)c1ccccc1O)C(=O)Nc1cccnc1Cl. The molecule has 2 rings (SSSR count). The van der Waals surface area contributed by atoms with E-state index in [1.54, 1.807) is 24.3 Å². The molecule has 2 N–H and O–H groups in total. The zero-order chi connectivity index (χ0) is 16.1. The van der Waals surface area contributed by atoms with Crippen molar-refractivity contribution in [1.29, 1.82) is 0 Å². The number of rotatable bonds is 4. The van der Waals surface area contributed by atoms with Gasteiger partial charge < -0.3 is 15.2 Å². The molecule has 0 spiro atoms. The highest BCUT2D eigenvalue weighted by atomic mass is 35.5. The number of benzene rings is 1. The summed E-state index contributed by atoms with van der Waals surface area (Å²) in [7, 11) is 0. The van der Waals surface area contributed by atoms with Crippen LogP contribution in [0.3, 0.4) is 0 Å². The number of para-hydroxylation sites is 1. The Morgan fingerprint density at radius 3 is 2.68 bits per heavy atom. The van der Waals surface area contributed by atoms with E-state index in [1.807, 2.05) is 0 Å². The van der Waals surface area contributed by atoms with Crippen molar-refractivity contribution >= 4 is 29.2 Å². The molecule has 7 heteroatoms. The van der Waals surface area contributed by atoms with Gasteiger partial charge in [0.05, 0.1) is 5.69 Å². The fourth-order valence-electron chi connectivity index (χ4n) is 1.64. The maximum absolute atomic E-state index is 12.0. The predicted molar refractivity (Wildman–Crippen MR) is 80.9 cm³/mol.